The molecule has 2 atom stereocenters. The minimum Gasteiger partial charge on any atom is -0.368 e. The van der Waals surface area contributed by atoms with Gasteiger partial charge in [0.1, 0.15) is 6.04 Å². The highest BCUT2D eigenvalue weighted by Gasteiger charge is 2.33. The first-order valence-electron chi connectivity index (χ1n) is 3.89. The molecule has 1 heterocycles. The molecule has 5 heteroatoms. The predicted octanol–water partition coefficient (Wildman–Crippen LogP) is -1.58. The lowest BCUT2D eigenvalue weighted by Crippen LogP contribution is -2.45. The number of nitrogens with zero attached hydrogens (tertiary/aromatic N) is 1. The summed E-state index contributed by atoms with van der Waals surface area (Å²) in [6.07, 6.45) is 0.608. The summed E-state index contributed by atoms with van der Waals surface area (Å²) in [5.41, 5.74) is 10.5. The molecular weight excluding hydrogens is 158 g/mol. The van der Waals surface area contributed by atoms with Gasteiger partial charge in [0.05, 0.1) is 6.04 Å². The van der Waals surface area contributed by atoms with Crippen molar-refractivity contribution in [3.05, 3.63) is 0 Å². The van der Waals surface area contributed by atoms with E-state index in [2.05, 4.69) is 0 Å². The van der Waals surface area contributed by atoms with Crippen molar-refractivity contribution in [3.63, 3.8) is 0 Å². The van der Waals surface area contributed by atoms with E-state index in [-0.39, 0.29) is 5.91 Å². The van der Waals surface area contributed by atoms with E-state index < -0.39 is 18.0 Å². The first-order valence-corrected chi connectivity index (χ1v) is 3.89. The molecule has 1 saturated heterocycles. The third-order valence-electron chi connectivity index (χ3n) is 2.16. The molecule has 0 unspecified atom stereocenters. The molecule has 1 fully saturated rings. The molecule has 1 aliphatic rings. The van der Waals surface area contributed by atoms with Crippen LogP contribution in [0.25, 0.3) is 0 Å². The Hall–Kier alpha value is -1.10. The largest absolute Gasteiger partial charge is 0.368 e. The van der Waals surface area contributed by atoms with Gasteiger partial charge < -0.3 is 16.4 Å². The van der Waals surface area contributed by atoms with Crippen LogP contribution in [0.3, 0.4) is 0 Å². The fraction of sp³-hybridized carbons (Fsp3) is 0.714. The number of hydrogen-bond acceptors (Lipinski definition) is 3. The van der Waals surface area contributed by atoms with E-state index in [4.69, 9.17) is 11.5 Å². The van der Waals surface area contributed by atoms with Gasteiger partial charge in [-0.15, -0.1) is 0 Å². The molecule has 2 amide bonds. The molecule has 0 aliphatic carbocycles. The Morgan fingerprint density at radius 1 is 1.75 bits per heavy atom. The maximum Gasteiger partial charge on any atom is 0.240 e. The van der Waals surface area contributed by atoms with Gasteiger partial charge in [0.15, 0.2) is 0 Å². The molecule has 1 aliphatic heterocycles. The van der Waals surface area contributed by atoms with Crippen molar-refractivity contribution in [3.8, 4) is 0 Å². The molecule has 4 N–H and O–H groups in total. The van der Waals surface area contributed by atoms with Crippen molar-refractivity contribution in [2.24, 2.45) is 11.5 Å². The summed E-state index contributed by atoms with van der Waals surface area (Å²) in [6, 6.07) is -0.988. The number of rotatable bonds is 2. The van der Waals surface area contributed by atoms with Crippen molar-refractivity contribution in [1.29, 1.82) is 0 Å². The Balaban J connectivity index is 2.65. The summed E-state index contributed by atoms with van der Waals surface area (Å²) in [4.78, 5) is 23.4. The average Bonchev–Trinajstić information content (AvgIpc) is 2.32. The van der Waals surface area contributed by atoms with E-state index in [0.29, 0.717) is 13.0 Å². The number of carbonyl (C=O) groups is 2. The third kappa shape index (κ3) is 1.40. The Kier molecular flexibility index (Phi) is 2.32. The van der Waals surface area contributed by atoms with Crippen LogP contribution >= 0.6 is 0 Å². The molecule has 0 radical (unpaired) electrons. The maximum absolute atomic E-state index is 11.2. The zero-order valence-corrected chi connectivity index (χ0v) is 6.99. The number of hydrogen-bond donors (Lipinski definition) is 2. The molecule has 0 aromatic rings. The van der Waals surface area contributed by atoms with E-state index in [1.165, 1.54) is 4.90 Å². The van der Waals surface area contributed by atoms with Crippen LogP contribution in [0.15, 0.2) is 0 Å². The van der Waals surface area contributed by atoms with E-state index in [9.17, 15) is 9.59 Å². The van der Waals surface area contributed by atoms with Crippen LogP contribution in [0.5, 0.6) is 0 Å². The lowest BCUT2D eigenvalue weighted by Gasteiger charge is -2.21. The summed E-state index contributed by atoms with van der Waals surface area (Å²) in [5.74, 6) is -0.668. The number of primary amides is 1. The molecule has 0 aromatic carbocycles. The van der Waals surface area contributed by atoms with Crippen molar-refractivity contribution in [2.75, 3.05) is 6.54 Å². The first-order chi connectivity index (χ1) is 5.54. The second-order valence-electron chi connectivity index (χ2n) is 3.01. The van der Waals surface area contributed by atoms with Crippen molar-refractivity contribution in [1.82, 2.24) is 4.90 Å². The van der Waals surface area contributed by atoms with Crippen molar-refractivity contribution >= 4 is 11.8 Å². The lowest BCUT2D eigenvalue weighted by atomic mass is 10.3. The minimum atomic E-state index is -0.536. The number of nitrogens with two attached hydrogens (primary N) is 2. The molecule has 0 aromatic heterocycles. The molecular formula is C7H13N3O2. The van der Waals surface area contributed by atoms with Crippen LogP contribution in [0.1, 0.15) is 13.3 Å². The fourth-order valence-electron chi connectivity index (χ4n) is 1.26. The number of likely N-dealkylation sites (tertiary alicyclic amines) is 1. The van der Waals surface area contributed by atoms with E-state index in [0.717, 1.165) is 0 Å². The monoisotopic (exact) mass is 171 g/mol. The number of carbonyl (C=O) groups excluding carboxylic acids is 2. The zero-order valence-electron chi connectivity index (χ0n) is 6.99. The summed E-state index contributed by atoms with van der Waals surface area (Å²) in [5, 5.41) is 0. The highest BCUT2D eigenvalue weighted by Crippen LogP contribution is 2.12. The SMILES string of the molecule is C[C@@H](C(N)=O)N1CC[C@H](N)C1=O. The number of amides is 2. The van der Waals surface area contributed by atoms with Gasteiger partial charge in [0, 0.05) is 6.54 Å². The van der Waals surface area contributed by atoms with Gasteiger partial charge in [-0.25, -0.2) is 0 Å². The van der Waals surface area contributed by atoms with Crippen molar-refractivity contribution in [2.45, 2.75) is 25.4 Å². The zero-order chi connectivity index (χ0) is 9.30. The summed E-state index contributed by atoms with van der Waals surface area (Å²) < 4.78 is 0. The molecule has 12 heavy (non-hydrogen) atoms. The van der Waals surface area contributed by atoms with Crippen LogP contribution in [-0.4, -0.2) is 35.3 Å². The standard InChI is InChI=1S/C7H13N3O2/c1-4(6(9)11)10-3-2-5(8)7(10)12/h4-5H,2-3,8H2,1H3,(H2,9,11)/t4-,5-/m0/s1. The Labute approximate surface area is 70.7 Å². The highest BCUT2D eigenvalue weighted by molar-refractivity contribution is 5.90. The van der Waals surface area contributed by atoms with Gasteiger partial charge in [-0.1, -0.05) is 0 Å². The Morgan fingerprint density at radius 3 is 2.67 bits per heavy atom. The quantitative estimate of drug-likeness (QED) is 0.525. The van der Waals surface area contributed by atoms with E-state index in [1.54, 1.807) is 6.92 Å². The highest BCUT2D eigenvalue weighted by atomic mass is 16.2. The van der Waals surface area contributed by atoms with Gasteiger partial charge >= 0.3 is 0 Å². The van der Waals surface area contributed by atoms with Crippen LogP contribution in [0.4, 0.5) is 0 Å². The minimum absolute atomic E-state index is 0.179. The van der Waals surface area contributed by atoms with Crippen molar-refractivity contribution < 1.29 is 9.59 Å². The molecule has 1 rings (SSSR count). The average molecular weight is 171 g/mol. The van der Waals surface area contributed by atoms with Gasteiger partial charge in [-0.05, 0) is 13.3 Å². The van der Waals surface area contributed by atoms with Gasteiger partial charge in [-0.3, -0.25) is 9.59 Å². The Bertz CT molecular complexity index is 217. The molecule has 0 saturated carbocycles. The predicted molar refractivity (Wildman–Crippen MR) is 43.0 cm³/mol. The van der Waals surface area contributed by atoms with Crippen LogP contribution in [-0.2, 0) is 9.59 Å². The molecule has 0 spiro atoms. The first kappa shape index (κ1) is 8.99. The Morgan fingerprint density at radius 2 is 2.33 bits per heavy atom. The molecule has 5 nitrogen and oxygen atoms in total. The van der Waals surface area contributed by atoms with E-state index in [1.807, 2.05) is 0 Å². The maximum atomic E-state index is 11.2. The van der Waals surface area contributed by atoms with Gasteiger partial charge in [0.25, 0.3) is 0 Å². The van der Waals surface area contributed by atoms with Crippen LogP contribution in [0.2, 0.25) is 0 Å². The summed E-state index contributed by atoms with van der Waals surface area (Å²) in [6.45, 7) is 2.14. The second-order valence-corrected chi connectivity index (χ2v) is 3.01. The summed E-state index contributed by atoms with van der Waals surface area (Å²) >= 11 is 0. The third-order valence-corrected chi connectivity index (χ3v) is 2.16. The summed E-state index contributed by atoms with van der Waals surface area (Å²) in [7, 11) is 0. The van der Waals surface area contributed by atoms with Crippen LogP contribution in [0, 0.1) is 0 Å². The van der Waals surface area contributed by atoms with E-state index >= 15 is 0 Å². The fourth-order valence-corrected chi connectivity index (χ4v) is 1.26. The lowest BCUT2D eigenvalue weighted by molar-refractivity contribution is -0.136. The van der Waals surface area contributed by atoms with Gasteiger partial charge in [0.2, 0.25) is 11.8 Å². The van der Waals surface area contributed by atoms with Crippen LogP contribution < -0.4 is 11.5 Å². The smallest absolute Gasteiger partial charge is 0.240 e. The van der Waals surface area contributed by atoms with Gasteiger partial charge in [-0.2, -0.15) is 0 Å². The topological polar surface area (TPSA) is 89.4 Å². The molecule has 68 valence electrons. The normalized spacial score (nSPS) is 26.0. The molecule has 0 bridgehead atoms. The second kappa shape index (κ2) is 3.10.